The second kappa shape index (κ2) is 12.9. The lowest BCUT2D eigenvalue weighted by Crippen LogP contribution is -2.00. The molecule has 5 aromatic carbocycles. The number of aromatic nitrogens is 8. The molecule has 6 heterocycles. The van der Waals surface area contributed by atoms with Gasteiger partial charge < -0.3 is 0 Å². The number of fused-ring (bicyclic) bond motifs is 4. The van der Waals surface area contributed by atoms with Crippen LogP contribution in [0.1, 0.15) is 0 Å². The molecule has 0 amide bonds. The molecule has 8 nitrogen and oxygen atoms in total. The van der Waals surface area contributed by atoms with Crippen LogP contribution in [-0.4, -0.2) is 39.0 Å². The van der Waals surface area contributed by atoms with Gasteiger partial charge in [0.15, 0.2) is 0 Å². The summed E-state index contributed by atoms with van der Waals surface area (Å²) in [4.78, 5) is 28.8. The molecular formula is C48H30N8. The Labute approximate surface area is 321 Å². The number of imidazole rings is 2. The summed E-state index contributed by atoms with van der Waals surface area (Å²) < 4.78 is 4.44. The van der Waals surface area contributed by atoms with Crippen LogP contribution in [0.3, 0.4) is 0 Å². The van der Waals surface area contributed by atoms with Crippen LogP contribution in [0.4, 0.5) is 0 Å². The summed E-state index contributed by atoms with van der Waals surface area (Å²) in [5, 5.41) is 2.07. The van der Waals surface area contributed by atoms with Crippen molar-refractivity contribution in [3.8, 4) is 56.4 Å². The van der Waals surface area contributed by atoms with E-state index in [-0.39, 0.29) is 0 Å². The highest BCUT2D eigenvalue weighted by atomic mass is 15.1. The van der Waals surface area contributed by atoms with E-state index < -0.39 is 0 Å². The molecule has 11 aromatic rings. The van der Waals surface area contributed by atoms with Crippen LogP contribution in [0.5, 0.6) is 0 Å². The summed E-state index contributed by atoms with van der Waals surface area (Å²) in [6.07, 6.45) is 11.0. The van der Waals surface area contributed by atoms with Gasteiger partial charge in [0, 0.05) is 70.2 Å². The molecule has 0 aliphatic carbocycles. The molecule has 11 rings (SSSR count). The Kier molecular flexibility index (Phi) is 7.31. The maximum Gasteiger partial charge on any atom is 0.147 e. The van der Waals surface area contributed by atoms with Crippen molar-refractivity contribution in [1.29, 1.82) is 0 Å². The Hall–Kier alpha value is -7.84. The first-order valence-electron chi connectivity index (χ1n) is 18.4. The summed E-state index contributed by atoms with van der Waals surface area (Å²) in [6, 6.07) is 50.1. The molecule has 0 N–H and O–H groups in total. The van der Waals surface area contributed by atoms with Gasteiger partial charge in [-0.15, -0.1) is 0 Å². The van der Waals surface area contributed by atoms with Gasteiger partial charge in [-0.2, -0.15) is 0 Å². The Balaban J connectivity index is 1.02. The van der Waals surface area contributed by atoms with Crippen molar-refractivity contribution in [1.82, 2.24) is 39.0 Å². The zero-order valence-electron chi connectivity index (χ0n) is 29.9. The SMILES string of the molecule is c1cncc(-c2nc3ccccc3n2-c2ccc(-c3ccc(-c4ccc(-n5c(-c6cccnc6)nc6ccccc65)c5cccnc45)cc3)c3ncccc23)c1. The van der Waals surface area contributed by atoms with E-state index >= 15 is 0 Å². The average Bonchev–Trinajstić information content (AvgIpc) is 3.86. The number of benzene rings is 5. The predicted octanol–water partition coefficient (Wildman–Crippen LogP) is 10.9. The first-order valence-corrected chi connectivity index (χ1v) is 18.4. The minimum absolute atomic E-state index is 0.836. The smallest absolute Gasteiger partial charge is 0.147 e. The molecule has 0 radical (unpaired) electrons. The number of hydrogen-bond donors (Lipinski definition) is 0. The van der Waals surface area contributed by atoms with E-state index in [4.69, 9.17) is 19.9 Å². The van der Waals surface area contributed by atoms with Crippen molar-refractivity contribution in [2.45, 2.75) is 0 Å². The molecule has 0 aliphatic heterocycles. The predicted molar refractivity (Wildman–Crippen MR) is 224 cm³/mol. The quantitative estimate of drug-likeness (QED) is 0.170. The van der Waals surface area contributed by atoms with Gasteiger partial charge in [-0.05, 0) is 96.1 Å². The molecule has 8 heteroatoms. The standard InChI is InChI=1S/C48H30N8/c1-3-15-43-39(13-1)53-47(33-9-5-25-49-29-33)55(43)41-23-21-35(45-37(41)11-7-27-51-45)31-17-19-32(20-18-31)36-22-24-42(38-12-8-28-52-46(36)38)56-44-16-4-2-14-40(44)54-48(56)34-10-6-26-50-30-34/h1-30H. The van der Waals surface area contributed by atoms with Crippen LogP contribution in [0.25, 0.3) is 100 Å². The third-order valence-corrected chi connectivity index (χ3v) is 10.4. The Morgan fingerprint density at radius 1 is 0.357 bits per heavy atom. The first-order chi connectivity index (χ1) is 27.8. The number of hydrogen-bond acceptors (Lipinski definition) is 6. The summed E-state index contributed by atoms with van der Waals surface area (Å²) in [5.41, 5.74) is 13.9. The topological polar surface area (TPSA) is 87.2 Å². The van der Waals surface area contributed by atoms with E-state index in [1.807, 2.05) is 85.5 Å². The minimum atomic E-state index is 0.836. The fourth-order valence-corrected chi connectivity index (χ4v) is 7.92. The molecule has 0 atom stereocenters. The van der Waals surface area contributed by atoms with Gasteiger partial charge in [0.1, 0.15) is 11.6 Å². The summed E-state index contributed by atoms with van der Waals surface area (Å²) in [6.45, 7) is 0. The number of pyridine rings is 4. The van der Waals surface area contributed by atoms with E-state index in [1.165, 1.54) is 0 Å². The third kappa shape index (κ3) is 5.08. The van der Waals surface area contributed by atoms with E-state index in [1.54, 1.807) is 12.4 Å². The van der Waals surface area contributed by atoms with Gasteiger partial charge in [-0.25, -0.2) is 9.97 Å². The summed E-state index contributed by atoms with van der Waals surface area (Å²) in [5.74, 6) is 1.67. The third-order valence-electron chi connectivity index (χ3n) is 10.4. The van der Waals surface area contributed by atoms with Gasteiger partial charge in [0.05, 0.1) is 44.5 Å². The molecule has 0 fully saturated rings. The highest BCUT2D eigenvalue weighted by Crippen LogP contribution is 2.39. The van der Waals surface area contributed by atoms with Crippen LogP contribution in [0.15, 0.2) is 183 Å². The van der Waals surface area contributed by atoms with Crippen molar-refractivity contribution in [3.05, 3.63) is 183 Å². The lowest BCUT2D eigenvalue weighted by Gasteiger charge is -2.16. The number of para-hydroxylation sites is 4. The monoisotopic (exact) mass is 718 g/mol. The molecule has 0 unspecified atom stereocenters. The van der Waals surface area contributed by atoms with Gasteiger partial charge in [0.2, 0.25) is 0 Å². The number of rotatable bonds is 6. The molecule has 0 saturated carbocycles. The van der Waals surface area contributed by atoms with Crippen molar-refractivity contribution in [2.24, 2.45) is 0 Å². The Morgan fingerprint density at radius 3 is 1.25 bits per heavy atom. The maximum atomic E-state index is 5.05. The van der Waals surface area contributed by atoms with E-state index in [0.29, 0.717) is 0 Å². The molecule has 6 aromatic heterocycles. The Bertz CT molecular complexity index is 3020. The van der Waals surface area contributed by atoms with Gasteiger partial charge in [-0.1, -0.05) is 60.7 Å². The van der Waals surface area contributed by atoms with Gasteiger partial charge >= 0.3 is 0 Å². The fourth-order valence-electron chi connectivity index (χ4n) is 7.92. The van der Waals surface area contributed by atoms with Gasteiger partial charge in [-0.3, -0.25) is 29.1 Å². The highest BCUT2D eigenvalue weighted by Gasteiger charge is 2.20. The normalized spacial score (nSPS) is 11.6. The molecule has 56 heavy (non-hydrogen) atoms. The first kappa shape index (κ1) is 31.7. The molecule has 262 valence electrons. The fraction of sp³-hybridized carbons (Fsp3) is 0. The average molecular weight is 719 g/mol. The maximum absolute atomic E-state index is 5.05. The molecule has 0 saturated heterocycles. The highest BCUT2D eigenvalue weighted by molar-refractivity contribution is 6.02. The largest absolute Gasteiger partial charge is 0.292 e. The van der Waals surface area contributed by atoms with Crippen LogP contribution in [-0.2, 0) is 0 Å². The van der Waals surface area contributed by atoms with Crippen LogP contribution < -0.4 is 0 Å². The zero-order chi connectivity index (χ0) is 37.0. The molecular weight excluding hydrogens is 689 g/mol. The van der Waals surface area contributed by atoms with Crippen molar-refractivity contribution < 1.29 is 0 Å². The van der Waals surface area contributed by atoms with Crippen LogP contribution in [0, 0.1) is 0 Å². The van der Waals surface area contributed by atoms with E-state index in [0.717, 1.165) is 100 Å². The minimum Gasteiger partial charge on any atom is -0.292 e. The van der Waals surface area contributed by atoms with Crippen LogP contribution in [0.2, 0.25) is 0 Å². The summed E-state index contributed by atoms with van der Waals surface area (Å²) in [7, 11) is 0. The van der Waals surface area contributed by atoms with Gasteiger partial charge in [0.25, 0.3) is 0 Å². The second-order valence-electron chi connectivity index (χ2n) is 13.6. The van der Waals surface area contributed by atoms with Crippen LogP contribution >= 0.6 is 0 Å². The molecule has 0 spiro atoms. The molecule has 0 aliphatic rings. The lowest BCUT2D eigenvalue weighted by molar-refractivity contribution is 1.11. The lowest BCUT2D eigenvalue weighted by atomic mass is 9.96. The van der Waals surface area contributed by atoms with Crippen molar-refractivity contribution >= 4 is 43.9 Å². The van der Waals surface area contributed by atoms with E-state index in [2.05, 4.69) is 104 Å². The van der Waals surface area contributed by atoms with Crippen molar-refractivity contribution in [3.63, 3.8) is 0 Å². The van der Waals surface area contributed by atoms with Crippen molar-refractivity contribution in [2.75, 3.05) is 0 Å². The van der Waals surface area contributed by atoms with E-state index in [9.17, 15) is 0 Å². The summed E-state index contributed by atoms with van der Waals surface area (Å²) >= 11 is 0. The number of nitrogens with zero attached hydrogens (tertiary/aromatic N) is 8. The zero-order valence-corrected chi connectivity index (χ0v) is 29.9. The Morgan fingerprint density at radius 2 is 0.804 bits per heavy atom. The molecule has 0 bridgehead atoms. The second-order valence-corrected chi connectivity index (χ2v) is 13.6.